The highest BCUT2D eigenvalue weighted by Gasteiger charge is 2.19. The number of para-hydroxylation sites is 1. The molecule has 96 valence electrons. The number of fused-ring (bicyclic) bond motifs is 1. The maximum atomic E-state index is 13.5. The number of aliphatic carboxylic acids is 1. The fourth-order valence-electron chi connectivity index (χ4n) is 2.12. The van der Waals surface area contributed by atoms with Crippen LogP contribution in [0.4, 0.5) is 4.39 Å². The summed E-state index contributed by atoms with van der Waals surface area (Å²) in [6.45, 7) is 0.327. The van der Waals surface area contributed by atoms with Crippen molar-refractivity contribution < 1.29 is 14.3 Å². The van der Waals surface area contributed by atoms with Gasteiger partial charge >= 0.3 is 5.97 Å². The Bertz CT molecular complexity index is 565. The SMILES string of the molecule is NCCC(Cc1c[nH]c2c(F)cccc12)C(=O)O. The van der Waals surface area contributed by atoms with Gasteiger partial charge in [-0.2, -0.15) is 0 Å². The highest BCUT2D eigenvalue weighted by Crippen LogP contribution is 2.24. The van der Waals surface area contributed by atoms with E-state index in [1.165, 1.54) is 6.07 Å². The number of benzene rings is 1. The fraction of sp³-hybridized carbons (Fsp3) is 0.308. The van der Waals surface area contributed by atoms with Gasteiger partial charge in [-0.3, -0.25) is 4.79 Å². The third kappa shape index (κ3) is 2.36. The van der Waals surface area contributed by atoms with Crippen molar-refractivity contribution in [3.8, 4) is 0 Å². The lowest BCUT2D eigenvalue weighted by atomic mass is 9.96. The molecule has 4 N–H and O–H groups in total. The highest BCUT2D eigenvalue weighted by molar-refractivity contribution is 5.84. The molecule has 2 aromatic rings. The lowest BCUT2D eigenvalue weighted by molar-refractivity contribution is -0.141. The number of halogens is 1. The molecular formula is C13H15FN2O2. The number of carboxylic acid groups (broad SMARTS) is 1. The number of carbonyl (C=O) groups is 1. The molecule has 18 heavy (non-hydrogen) atoms. The standard InChI is InChI=1S/C13H15FN2O2/c14-11-3-1-2-10-9(7-16-12(10)11)6-8(4-5-15)13(17)18/h1-3,7-8,16H,4-6,15H2,(H,17,18). The summed E-state index contributed by atoms with van der Waals surface area (Å²) in [5, 5.41) is 9.82. The Morgan fingerprint density at radius 1 is 1.50 bits per heavy atom. The number of H-pyrrole nitrogens is 1. The normalized spacial score (nSPS) is 12.8. The van der Waals surface area contributed by atoms with Gasteiger partial charge in [-0.1, -0.05) is 12.1 Å². The first-order valence-corrected chi connectivity index (χ1v) is 5.81. The molecule has 2 rings (SSSR count). The second-order valence-corrected chi connectivity index (χ2v) is 4.29. The minimum Gasteiger partial charge on any atom is -0.481 e. The van der Waals surface area contributed by atoms with Crippen molar-refractivity contribution in [3.05, 3.63) is 35.8 Å². The summed E-state index contributed by atoms with van der Waals surface area (Å²) in [4.78, 5) is 13.9. The second-order valence-electron chi connectivity index (χ2n) is 4.29. The van der Waals surface area contributed by atoms with Crippen LogP contribution in [0.3, 0.4) is 0 Å². The number of nitrogens with two attached hydrogens (primary N) is 1. The van der Waals surface area contributed by atoms with Crippen molar-refractivity contribution in [1.29, 1.82) is 0 Å². The molecule has 1 aromatic heterocycles. The Morgan fingerprint density at radius 2 is 2.28 bits per heavy atom. The van der Waals surface area contributed by atoms with Crippen LogP contribution in [0.2, 0.25) is 0 Å². The van der Waals surface area contributed by atoms with Gasteiger partial charge in [0.2, 0.25) is 0 Å². The van der Waals surface area contributed by atoms with E-state index in [4.69, 9.17) is 10.8 Å². The van der Waals surface area contributed by atoms with Gasteiger partial charge in [-0.25, -0.2) is 4.39 Å². The average molecular weight is 250 g/mol. The molecule has 0 aliphatic rings. The monoisotopic (exact) mass is 250 g/mol. The summed E-state index contributed by atoms with van der Waals surface area (Å²) in [6.07, 6.45) is 2.44. The van der Waals surface area contributed by atoms with Gasteiger partial charge in [-0.05, 0) is 31.0 Å². The van der Waals surface area contributed by atoms with Crippen molar-refractivity contribution in [2.24, 2.45) is 11.7 Å². The third-order valence-electron chi connectivity index (χ3n) is 3.08. The molecule has 1 heterocycles. The van der Waals surface area contributed by atoms with E-state index in [0.29, 0.717) is 24.9 Å². The van der Waals surface area contributed by atoms with Crippen LogP contribution in [-0.4, -0.2) is 22.6 Å². The Hall–Kier alpha value is -1.88. The number of hydrogen-bond acceptors (Lipinski definition) is 2. The molecule has 0 fully saturated rings. The molecule has 1 unspecified atom stereocenters. The van der Waals surface area contributed by atoms with E-state index in [0.717, 1.165) is 10.9 Å². The molecule has 1 aromatic carbocycles. The van der Waals surface area contributed by atoms with E-state index in [1.54, 1.807) is 18.3 Å². The highest BCUT2D eigenvalue weighted by atomic mass is 19.1. The molecule has 1 atom stereocenters. The number of carboxylic acids is 1. The Kier molecular flexibility index (Phi) is 3.62. The Morgan fingerprint density at radius 3 is 2.94 bits per heavy atom. The van der Waals surface area contributed by atoms with Gasteiger partial charge < -0.3 is 15.8 Å². The number of rotatable bonds is 5. The topological polar surface area (TPSA) is 79.1 Å². The maximum absolute atomic E-state index is 13.5. The van der Waals surface area contributed by atoms with Crippen molar-refractivity contribution in [2.45, 2.75) is 12.8 Å². The minimum atomic E-state index is -0.869. The molecule has 0 bridgehead atoms. The van der Waals surface area contributed by atoms with Crippen molar-refractivity contribution in [3.63, 3.8) is 0 Å². The first kappa shape index (κ1) is 12.6. The molecule has 0 aliphatic heterocycles. The second kappa shape index (κ2) is 5.18. The maximum Gasteiger partial charge on any atom is 0.306 e. The zero-order valence-electron chi connectivity index (χ0n) is 9.82. The smallest absolute Gasteiger partial charge is 0.306 e. The zero-order chi connectivity index (χ0) is 13.1. The molecule has 0 saturated heterocycles. The average Bonchev–Trinajstić information content (AvgIpc) is 2.73. The van der Waals surface area contributed by atoms with Gasteiger partial charge in [0.15, 0.2) is 0 Å². The largest absolute Gasteiger partial charge is 0.481 e. The fourth-order valence-corrected chi connectivity index (χ4v) is 2.12. The molecule has 0 aliphatic carbocycles. The Balaban J connectivity index is 2.31. The zero-order valence-corrected chi connectivity index (χ0v) is 9.82. The molecule has 0 spiro atoms. The van der Waals surface area contributed by atoms with Crippen LogP contribution in [0.1, 0.15) is 12.0 Å². The van der Waals surface area contributed by atoms with Crippen LogP contribution in [0, 0.1) is 11.7 Å². The van der Waals surface area contributed by atoms with E-state index in [2.05, 4.69) is 4.98 Å². The van der Waals surface area contributed by atoms with E-state index in [-0.39, 0.29) is 5.82 Å². The molecule has 0 amide bonds. The van der Waals surface area contributed by atoms with Gasteiger partial charge in [0.05, 0.1) is 11.4 Å². The van der Waals surface area contributed by atoms with Crippen LogP contribution >= 0.6 is 0 Å². The molecule has 4 nitrogen and oxygen atoms in total. The van der Waals surface area contributed by atoms with Crippen LogP contribution in [-0.2, 0) is 11.2 Å². The summed E-state index contributed by atoms with van der Waals surface area (Å²) in [7, 11) is 0. The summed E-state index contributed by atoms with van der Waals surface area (Å²) in [6, 6.07) is 4.77. The molecule has 0 saturated carbocycles. The first-order chi connectivity index (χ1) is 8.63. The lowest BCUT2D eigenvalue weighted by Crippen LogP contribution is -2.20. The number of aromatic amines is 1. The number of aromatic nitrogens is 1. The number of hydrogen-bond donors (Lipinski definition) is 3. The van der Waals surface area contributed by atoms with Crippen LogP contribution in [0.15, 0.2) is 24.4 Å². The van der Waals surface area contributed by atoms with E-state index in [9.17, 15) is 9.18 Å². The number of nitrogens with one attached hydrogen (secondary N) is 1. The quantitative estimate of drug-likeness (QED) is 0.758. The van der Waals surface area contributed by atoms with Gasteiger partial charge in [0.1, 0.15) is 5.82 Å². The summed E-state index contributed by atoms with van der Waals surface area (Å²) < 4.78 is 13.5. The van der Waals surface area contributed by atoms with Gasteiger partial charge in [-0.15, -0.1) is 0 Å². The Labute approximate surface area is 104 Å². The van der Waals surface area contributed by atoms with E-state index < -0.39 is 11.9 Å². The predicted molar refractivity (Wildman–Crippen MR) is 66.8 cm³/mol. The van der Waals surface area contributed by atoms with Crippen molar-refractivity contribution in [1.82, 2.24) is 4.98 Å². The predicted octanol–water partition coefficient (Wildman–Crippen LogP) is 1.90. The van der Waals surface area contributed by atoms with E-state index >= 15 is 0 Å². The summed E-state index contributed by atoms with van der Waals surface area (Å²) in [5.74, 6) is -1.73. The third-order valence-corrected chi connectivity index (χ3v) is 3.08. The minimum absolute atomic E-state index is 0.327. The molecule has 5 heteroatoms. The summed E-state index contributed by atoms with van der Waals surface area (Å²) >= 11 is 0. The van der Waals surface area contributed by atoms with Gasteiger partial charge in [0, 0.05) is 11.6 Å². The van der Waals surface area contributed by atoms with Crippen LogP contribution in [0.25, 0.3) is 10.9 Å². The van der Waals surface area contributed by atoms with Crippen molar-refractivity contribution >= 4 is 16.9 Å². The van der Waals surface area contributed by atoms with Crippen LogP contribution in [0.5, 0.6) is 0 Å². The molecule has 0 radical (unpaired) electrons. The van der Waals surface area contributed by atoms with E-state index in [1.807, 2.05) is 0 Å². The summed E-state index contributed by atoms with van der Waals surface area (Å²) in [5.41, 5.74) is 6.63. The first-order valence-electron chi connectivity index (χ1n) is 5.81. The van der Waals surface area contributed by atoms with Crippen LogP contribution < -0.4 is 5.73 Å². The molecular weight excluding hydrogens is 235 g/mol. The van der Waals surface area contributed by atoms with Crippen molar-refractivity contribution in [2.75, 3.05) is 6.54 Å². The van der Waals surface area contributed by atoms with Gasteiger partial charge in [0.25, 0.3) is 0 Å². The lowest BCUT2D eigenvalue weighted by Gasteiger charge is -2.10.